The molecule has 1 saturated carbocycles. The average Bonchev–Trinajstić information content (AvgIpc) is 2.31. The molecule has 0 aromatic carbocycles. The Morgan fingerprint density at radius 1 is 1.50 bits per heavy atom. The number of carboxylic acids is 1. The van der Waals surface area contributed by atoms with E-state index in [2.05, 4.69) is 0 Å². The van der Waals surface area contributed by atoms with Crippen LogP contribution in [0.25, 0.3) is 0 Å². The van der Waals surface area contributed by atoms with Crippen molar-refractivity contribution in [2.75, 3.05) is 6.61 Å². The van der Waals surface area contributed by atoms with Crippen LogP contribution >= 0.6 is 0 Å². The average molecular weight is 258 g/mol. The molecule has 102 valence electrons. The highest BCUT2D eigenvalue weighted by Gasteiger charge is 2.62. The highest BCUT2D eigenvalue weighted by molar-refractivity contribution is 5.82. The van der Waals surface area contributed by atoms with E-state index in [1.54, 1.807) is 0 Å². The lowest BCUT2D eigenvalue weighted by atomic mass is 9.75. The molecule has 1 N–H and O–H groups in total. The quantitative estimate of drug-likeness (QED) is 0.454. The third kappa shape index (κ3) is 2.22. The number of esters is 1. The topological polar surface area (TPSA) is 82.1 Å². The SMILES string of the molecule is CCCCOC(=O)C12CCC(C(=O)O)CC1OO2. The summed E-state index contributed by atoms with van der Waals surface area (Å²) in [5.74, 6) is -1.73. The lowest BCUT2D eigenvalue weighted by Crippen LogP contribution is -2.65. The first kappa shape index (κ1) is 13.3. The van der Waals surface area contributed by atoms with Gasteiger partial charge in [-0.1, -0.05) is 13.3 Å². The van der Waals surface area contributed by atoms with E-state index < -0.39 is 29.6 Å². The summed E-state index contributed by atoms with van der Waals surface area (Å²) in [6, 6.07) is 0. The first-order valence-corrected chi connectivity index (χ1v) is 6.34. The zero-order chi connectivity index (χ0) is 13.2. The fourth-order valence-corrected chi connectivity index (χ4v) is 2.35. The van der Waals surface area contributed by atoms with Gasteiger partial charge in [0.15, 0.2) is 0 Å². The lowest BCUT2D eigenvalue weighted by molar-refractivity contribution is -0.505. The Morgan fingerprint density at radius 2 is 2.28 bits per heavy atom. The van der Waals surface area contributed by atoms with Gasteiger partial charge >= 0.3 is 11.9 Å². The first-order chi connectivity index (χ1) is 8.60. The van der Waals surface area contributed by atoms with Gasteiger partial charge in [-0.3, -0.25) is 4.79 Å². The van der Waals surface area contributed by atoms with Crippen LogP contribution in [0.4, 0.5) is 0 Å². The molecule has 1 aliphatic carbocycles. The number of aliphatic carboxylic acids is 1. The number of carboxylic acid groups (broad SMARTS) is 1. The van der Waals surface area contributed by atoms with Gasteiger partial charge in [0.05, 0.1) is 12.5 Å². The number of hydrogen-bond acceptors (Lipinski definition) is 5. The molecule has 18 heavy (non-hydrogen) atoms. The Kier molecular flexibility index (Phi) is 3.87. The highest BCUT2D eigenvalue weighted by atomic mass is 17.3. The molecule has 3 unspecified atom stereocenters. The van der Waals surface area contributed by atoms with Crippen molar-refractivity contribution < 1.29 is 29.2 Å². The van der Waals surface area contributed by atoms with Crippen molar-refractivity contribution in [3.8, 4) is 0 Å². The largest absolute Gasteiger partial charge is 0.481 e. The van der Waals surface area contributed by atoms with Crippen molar-refractivity contribution in [2.24, 2.45) is 5.92 Å². The second kappa shape index (κ2) is 5.24. The number of ether oxygens (including phenoxy) is 1. The van der Waals surface area contributed by atoms with Crippen molar-refractivity contribution in [1.82, 2.24) is 0 Å². The van der Waals surface area contributed by atoms with Crippen molar-refractivity contribution in [1.29, 1.82) is 0 Å². The summed E-state index contributed by atoms with van der Waals surface area (Å²) in [4.78, 5) is 32.7. The maximum absolute atomic E-state index is 12.0. The third-order valence-electron chi connectivity index (χ3n) is 3.62. The molecule has 1 aliphatic heterocycles. The lowest BCUT2D eigenvalue weighted by Gasteiger charge is -2.48. The van der Waals surface area contributed by atoms with Crippen LogP contribution in [-0.2, 0) is 24.1 Å². The summed E-state index contributed by atoms with van der Waals surface area (Å²) in [5.41, 5.74) is -1.06. The number of carbonyl (C=O) groups is 2. The smallest absolute Gasteiger partial charge is 0.344 e. The number of rotatable bonds is 5. The van der Waals surface area contributed by atoms with Gasteiger partial charge in [-0.05, 0) is 25.7 Å². The molecular weight excluding hydrogens is 240 g/mol. The predicted octanol–water partition coefficient (Wildman–Crippen LogP) is 1.28. The van der Waals surface area contributed by atoms with Crippen molar-refractivity contribution in [2.45, 2.75) is 50.7 Å². The molecule has 0 spiro atoms. The Morgan fingerprint density at radius 3 is 2.78 bits per heavy atom. The van der Waals surface area contributed by atoms with Gasteiger partial charge in [0.2, 0.25) is 5.60 Å². The minimum atomic E-state index is -1.06. The van der Waals surface area contributed by atoms with Gasteiger partial charge in [-0.2, -0.15) is 0 Å². The number of carbonyl (C=O) groups excluding carboxylic acids is 1. The van der Waals surface area contributed by atoms with E-state index in [0.29, 0.717) is 25.9 Å². The minimum Gasteiger partial charge on any atom is -0.481 e. The molecule has 3 atom stereocenters. The Labute approximate surface area is 105 Å². The van der Waals surface area contributed by atoms with Crippen LogP contribution in [0.5, 0.6) is 0 Å². The minimum absolute atomic E-state index is 0.304. The molecule has 0 amide bonds. The van der Waals surface area contributed by atoms with Gasteiger partial charge < -0.3 is 9.84 Å². The summed E-state index contributed by atoms with van der Waals surface area (Å²) < 4.78 is 5.15. The zero-order valence-electron chi connectivity index (χ0n) is 10.4. The first-order valence-electron chi connectivity index (χ1n) is 6.34. The summed E-state index contributed by atoms with van der Waals surface area (Å²) in [6.45, 7) is 2.38. The molecule has 0 radical (unpaired) electrons. The molecule has 2 aliphatic rings. The zero-order valence-corrected chi connectivity index (χ0v) is 10.4. The van der Waals surface area contributed by atoms with Gasteiger partial charge in [-0.15, -0.1) is 0 Å². The second-order valence-electron chi connectivity index (χ2n) is 4.86. The van der Waals surface area contributed by atoms with Crippen LogP contribution < -0.4 is 0 Å². The third-order valence-corrected chi connectivity index (χ3v) is 3.62. The predicted molar refractivity (Wildman–Crippen MR) is 59.5 cm³/mol. The molecule has 6 nitrogen and oxygen atoms in total. The number of unbranched alkanes of at least 4 members (excludes halogenated alkanes) is 1. The van der Waals surface area contributed by atoms with Crippen LogP contribution in [-0.4, -0.2) is 35.4 Å². The van der Waals surface area contributed by atoms with E-state index in [4.69, 9.17) is 19.6 Å². The maximum Gasteiger partial charge on any atom is 0.344 e. The number of hydrogen-bond donors (Lipinski definition) is 1. The number of fused-ring (bicyclic) bond motifs is 1. The van der Waals surface area contributed by atoms with Crippen molar-refractivity contribution >= 4 is 11.9 Å². The second-order valence-corrected chi connectivity index (χ2v) is 4.86. The van der Waals surface area contributed by atoms with E-state index in [-0.39, 0.29) is 0 Å². The van der Waals surface area contributed by atoms with Crippen LogP contribution in [0.15, 0.2) is 0 Å². The van der Waals surface area contributed by atoms with Crippen LogP contribution in [0.2, 0.25) is 0 Å². The monoisotopic (exact) mass is 258 g/mol. The summed E-state index contributed by atoms with van der Waals surface area (Å²) in [7, 11) is 0. The van der Waals surface area contributed by atoms with Crippen LogP contribution in [0.3, 0.4) is 0 Å². The molecular formula is C12H18O6. The summed E-state index contributed by atoms with van der Waals surface area (Å²) >= 11 is 0. The summed E-state index contributed by atoms with van der Waals surface area (Å²) in [6.07, 6.45) is 2.34. The van der Waals surface area contributed by atoms with Crippen LogP contribution in [0.1, 0.15) is 39.0 Å². The van der Waals surface area contributed by atoms with E-state index in [1.165, 1.54) is 0 Å². The Balaban J connectivity index is 1.92. The van der Waals surface area contributed by atoms with Gasteiger partial charge in [0, 0.05) is 0 Å². The molecule has 1 saturated heterocycles. The molecule has 2 fully saturated rings. The van der Waals surface area contributed by atoms with E-state index in [1.807, 2.05) is 6.92 Å². The molecule has 0 aromatic heterocycles. The van der Waals surface area contributed by atoms with Gasteiger partial charge in [-0.25, -0.2) is 14.6 Å². The fourth-order valence-electron chi connectivity index (χ4n) is 2.35. The molecule has 1 heterocycles. The fraction of sp³-hybridized carbons (Fsp3) is 0.833. The van der Waals surface area contributed by atoms with E-state index >= 15 is 0 Å². The van der Waals surface area contributed by atoms with Gasteiger partial charge in [0.25, 0.3) is 0 Å². The van der Waals surface area contributed by atoms with E-state index in [0.717, 1.165) is 12.8 Å². The maximum atomic E-state index is 12.0. The van der Waals surface area contributed by atoms with Gasteiger partial charge in [0.1, 0.15) is 6.10 Å². The normalized spacial score (nSPS) is 34.3. The van der Waals surface area contributed by atoms with Crippen molar-refractivity contribution in [3.05, 3.63) is 0 Å². The van der Waals surface area contributed by atoms with Crippen molar-refractivity contribution in [3.63, 3.8) is 0 Å². The standard InChI is InChI=1S/C12H18O6/c1-2-3-6-16-11(15)12-5-4-8(10(13)14)7-9(12)17-18-12/h8-9H,2-7H2,1H3,(H,13,14). The molecule has 6 heteroatoms. The Bertz CT molecular complexity index is 341. The Hall–Kier alpha value is -1.14. The molecule has 0 bridgehead atoms. The molecule has 2 rings (SSSR count). The van der Waals surface area contributed by atoms with Crippen LogP contribution in [0, 0.1) is 5.92 Å². The highest BCUT2D eigenvalue weighted by Crippen LogP contribution is 2.45. The molecule has 0 aromatic rings. The summed E-state index contributed by atoms with van der Waals surface area (Å²) in [5, 5.41) is 8.95. The van der Waals surface area contributed by atoms with E-state index in [9.17, 15) is 9.59 Å².